The van der Waals surface area contributed by atoms with Crippen molar-refractivity contribution in [1.29, 1.82) is 0 Å². The highest BCUT2D eigenvalue weighted by Gasteiger charge is 2.21. The zero-order valence-electron chi connectivity index (χ0n) is 16.8. The maximum absolute atomic E-state index is 12.5. The van der Waals surface area contributed by atoms with Crippen molar-refractivity contribution < 1.29 is 9.53 Å². The van der Waals surface area contributed by atoms with Gasteiger partial charge in [0.2, 0.25) is 5.91 Å². The number of rotatable bonds is 7. The highest BCUT2D eigenvalue weighted by atomic mass is 32.1. The SMILES string of the molecule is Cc1ccc(OCCCC(=O)N2CCN(Cc3nc4ccccc4s3)CC2)cc1. The van der Waals surface area contributed by atoms with Gasteiger partial charge in [-0.25, -0.2) is 4.98 Å². The van der Waals surface area contributed by atoms with Crippen LogP contribution in [0.15, 0.2) is 48.5 Å². The Labute approximate surface area is 175 Å². The number of ether oxygens (including phenoxy) is 1. The van der Waals surface area contributed by atoms with Crippen LogP contribution in [0.1, 0.15) is 23.4 Å². The molecule has 152 valence electrons. The Hall–Kier alpha value is -2.44. The fourth-order valence-corrected chi connectivity index (χ4v) is 4.55. The Bertz CT molecular complexity index is 913. The predicted molar refractivity (Wildman–Crippen MR) is 117 cm³/mol. The van der Waals surface area contributed by atoms with Crippen molar-refractivity contribution >= 4 is 27.5 Å². The zero-order chi connectivity index (χ0) is 20.1. The van der Waals surface area contributed by atoms with E-state index >= 15 is 0 Å². The summed E-state index contributed by atoms with van der Waals surface area (Å²) < 4.78 is 6.96. The third-order valence-corrected chi connectivity index (χ3v) is 6.27. The van der Waals surface area contributed by atoms with Crippen LogP contribution in [0.2, 0.25) is 0 Å². The molecule has 2 heterocycles. The van der Waals surface area contributed by atoms with Gasteiger partial charge in [-0.1, -0.05) is 29.8 Å². The topological polar surface area (TPSA) is 45.7 Å². The van der Waals surface area contributed by atoms with Gasteiger partial charge in [-0.2, -0.15) is 0 Å². The molecule has 0 unspecified atom stereocenters. The maximum Gasteiger partial charge on any atom is 0.222 e. The van der Waals surface area contributed by atoms with Gasteiger partial charge in [-0.3, -0.25) is 9.69 Å². The van der Waals surface area contributed by atoms with Crippen LogP contribution in [0.5, 0.6) is 5.75 Å². The lowest BCUT2D eigenvalue weighted by atomic mass is 10.2. The molecule has 5 nitrogen and oxygen atoms in total. The number of carbonyl (C=O) groups is 1. The van der Waals surface area contributed by atoms with Gasteiger partial charge in [0.25, 0.3) is 0 Å². The number of thiazole rings is 1. The Kier molecular flexibility index (Phi) is 6.42. The molecule has 1 aromatic heterocycles. The minimum absolute atomic E-state index is 0.233. The predicted octanol–water partition coefficient (Wildman–Crippen LogP) is 4.11. The van der Waals surface area contributed by atoms with Crippen LogP contribution in [0.25, 0.3) is 10.2 Å². The molecule has 1 saturated heterocycles. The summed E-state index contributed by atoms with van der Waals surface area (Å²) in [4.78, 5) is 21.6. The molecule has 4 rings (SSSR count). The van der Waals surface area contributed by atoms with Crippen LogP contribution >= 0.6 is 11.3 Å². The number of benzene rings is 2. The molecule has 0 atom stereocenters. The minimum atomic E-state index is 0.233. The second-order valence-electron chi connectivity index (χ2n) is 7.50. The highest BCUT2D eigenvalue weighted by Crippen LogP contribution is 2.23. The Morgan fingerprint density at radius 1 is 1.07 bits per heavy atom. The molecule has 0 N–H and O–H groups in total. The van der Waals surface area contributed by atoms with Gasteiger partial charge in [-0.15, -0.1) is 11.3 Å². The quantitative estimate of drug-likeness (QED) is 0.551. The molecule has 0 radical (unpaired) electrons. The molecule has 2 aromatic carbocycles. The summed E-state index contributed by atoms with van der Waals surface area (Å²) in [7, 11) is 0. The third-order valence-electron chi connectivity index (χ3n) is 5.25. The van der Waals surface area contributed by atoms with Gasteiger partial charge in [0.1, 0.15) is 10.8 Å². The lowest BCUT2D eigenvalue weighted by molar-refractivity contribution is -0.133. The lowest BCUT2D eigenvalue weighted by Gasteiger charge is -2.34. The van der Waals surface area contributed by atoms with Crippen LogP contribution in [0, 0.1) is 6.92 Å². The largest absolute Gasteiger partial charge is 0.494 e. The van der Waals surface area contributed by atoms with Gasteiger partial charge < -0.3 is 9.64 Å². The number of piperazine rings is 1. The first-order valence-electron chi connectivity index (χ1n) is 10.2. The summed E-state index contributed by atoms with van der Waals surface area (Å²) in [5.74, 6) is 1.10. The first kappa shape index (κ1) is 19.9. The first-order chi connectivity index (χ1) is 14.2. The van der Waals surface area contributed by atoms with Gasteiger partial charge in [0, 0.05) is 32.6 Å². The van der Waals surface area contributed by atoms with Gasteiger partial charge in [-0.05, 0) is 37.6 Å². The van der Waals surface area contributed by atoms with E-state index in [0.29, 0.717) is 13.0 Å². The molecule has 1 fully saturated rings. The van der Waals surface area contributed by atoms with Crippen LogP contribution in [0.4, 0.5) is 0 Å². The van der Waals surface area contributed by atoms with Crippen LogP contribution in [0.3, 0.4) is 0 Å². The van der Waals surface area contributed by atoms with E-state index in [1.54, 1.807) is 11.3 Å². The summed E-state index contributed by atoms with van der Waals surface area (Å²) >= 11 is 1.76. The summed E-state index contributed by atoms with van der Waals surface area (Å²) in [6, 6.07) is 16.3. The molecule has 1 aliphatic rings. The monoisotopic (exact) mass is 409 g/mol. The number of amides is 1. The van der Waals surface area contributed by atoms with Crippen molar-refractivity contribution in [3.63, 3.8) is 0 Å². The van der Waals surface area contributed by atoms with Crippen molar-refractivity contribution in [2.75, 3.05) is 32.8 Å². The van der Waals surface area contributed by atoms with Crippen LogP contribution in [-0.4, -0.2) is 53.5 Å². The second-order valence-corrected chi connectivity index (χ2v) is 8.61. The molecule has 1 amide bonds. The molecule has 0 spiro atoms. The lowest BCUT2D eigenvalue weighted by Crippen LogP contribution is -2.48. The molecule has 0 aliphatic carbocycles. The Balaban J connectivity index is 1.17. The number of aryl methyl sites for hydroxylation is 1. The van der Waals surface area contributed by atoms with Gasteiger partial charge in [0.05, 0.1) is 23.4 Å². The smallest absolute Gasteiger partial charge is 0.222 e. The standard InChI is InChI=1S/C23H27N3O2S/c1-18-8-10-19(11-9-18)28-16-4-7-23(27)26-14-12-25(13-15-26)17-22-24-20-5-2-3-6-21(20)29-22/h2-3,5-6,8-11H,4,7,12-17H2,1H3. The first-order valence-corrected chi connectivity index (χ1v) is 11.0. The number of nitrogens with zero attached hydrogens (tertiary/aromatic N) is 3. The van der Waals surface area contributed by atoms with E-state index in [1.807, 2.05) is 35.2 Å². The van der Waals surface area contributed by atoms with Crippen LogP contribution < -0.4 is 4.74 Å². The summed E-state index contributed by atoms with van der Waals surface area (Å²) in [6.07, 6.45) is 1.29. The second kappa shape index (κ2) is 9.37. The molecule has 0 saturated carbocycles. The zero-order valence-corrected chi connectivity index (χ0v) is 17.7. The number of para-hydroxylation sites is 1. The molecule has 1 aliphatic heterocycles. The van der Waals surface area contributed by atoms with E-state index in [9.17, 15) is 4.79 Å². The van der Waals surface area contributed by atoms with E-state index in [-0.39, 0.29) is 5.91 Å². The third kappa shape index (κ3) is 5.34. The maximum atomic E-state index is 12.5. The van der Waals surface area contributed by atoms with E-state index in [0.717, 1.165) is 55.4 Å². The van der Waals surface area contributed by atoms with Crippen molar-refractivity contribution in [2.24, 2.45) is 0 Å². The van der Waals surface area contributed by atoms with Gasteiger partial charge in [0.15, 0.2) is 0 Å². The Morgan fingerprint density at radius 3 is 2.59 bits per heavy atom. The molecular formula is C23H27N3O2S. The van der Waals surface area contributed by atoms with Gasteiger partial charge >= 0.3 is 0 Å². The number of fused-ring (bicyclic) bond motifs is 1. The molecule has 6 heteroatoms. The van der Waals surface area contributed by atoms with E-state index < -0.39 is 0 Å². The summed E-state index contributed by atoms with van der Waals surface area (Å²) in [5.41, 5.74) is 2.30. The summed E-state index contributed by atoms with van der Waals surface area (Å²) in [5, 5.41) is 1.15. The average molecular weight is 410 g/mol. The van der Waals surface area contributed by atoms with Crippen molar-refractivity contribution in [3.05, 3.63) is 59.1 Å². The van der Waals surface area contributed by atoms with Crippen molar-refractivity contribution in [1.82, 2.24) is 14.8 Å². The van der Waals surface area contributed by atoms with Crippen molar-refractivity contribution in [2.45, 2.75) is 26.3 Å². The normalized spacial score (nSPS) is 15.0. The number of hydrogen-bond acceptors (Lipinski definition) is 5. The molecule has 0 bridgehead atoms. The molecular weight excluding hydrogens is 382 g/mol. The van der Waals surface area contributed by atoms with E-state index in [2.05, 4.69) is 30.0 Å². The van der Waals surface area contributed by atoms with Crippen molar-refractivity contribution in [3.8, 4) is 5.75 Å². The minimum Gasteiger partial charge on any atom is -0.494 e. The number of hydrogen-bond donors (Lipinski definition) is 0. The number of aromatic nitrogens is 1. The van der Waals surface area contributed by atoms with E-state index in [1.165, 1.54) is 10.3 Å². The average Bonchev–Trinajstić information content (AvgIpc) is 3.15. The van der Waals surface area contributed by atoms with E-state index in [4.69, 9.17) is 9.72 Å². The Morgan fingerprint density at radius 2 is 1.83 bits per heavy atom. The highest BCUT2D eigenvalue weighted by molar-refractivity contribution is 7.18. The molecule has 29 heavy (non-hydrogen) atoms. The number of carbonyl (C=O) groups excluding carboxylic acids is 1. The van der Waals surface area contributed by atoms with Crippen LogP contribution in [-0.2, 0) is 11.3 Å². The molecule has 3 aromatic rings. The fraction of sp³-hybridized carbons (Fsp3) is 0.391. The fourth-order valence-electron chi connectivity index (χ4n) is 3.54. The summed E-state index contributed by atoms with van der Waals surface area (Å²) in [6.45, 7) is 6.90.